The molecule has 0 fully saturated rings. The second kappa shape index (κ2) is 6.04. The SMILES string of the molecule is Cc1ccc2c(c1)c1c3n2CC(c2ccccc2S(N)(=O)=O)=CC3CN(C)C1. The van der Waals surface area contributed by atoms with Gasteiger partial charge in [0.15, 0.2) is 0 Å². The predicted octanol–water partition coefficient (Wildman–Crippen LogP) is 3.22. The first-order valence-electron chi connectivity index (χ1n) is 9.46. The van der Waals surface area contributed by atoms with Crippen molar-refractivity contribution >= 4 is 26.5 Å². The number of allylic oxidation sites excluding steroid dienone is 1. The first-order chi connectivity index (χ1) is 13.3. The normalized spacial score (nSPS) is 19.5. The van der Waals surface area contributed by atoms with Crippen molar-refractivity contribution in [3.63, 3.8) is 0 Å². The number of fused-ring (bicyclic) bond motifs is 3. The zero-order valence-corrected chi connectivity index (χ0v) is 16.8. The third kappa shape index (κ3) is 2.64. The largest absolute Gasteiger partial charge is 0.339 e. The highest BCUT2D eigenvalue weighted by atomic mass is 32.2. The van der Waals surface area contributed by atoms with Crippen LogP contribution in [0.3, 0.4) is 0 Å². The smallest absolute Gasteiger partial charge is 0.238 e. The summed E-state index contributed by atoms with van der Waals surface area (Å²) in [5.41, 5.74) is 6.96. The van der Waals surface area contributed by atoms with Gasteiger partial charge in [-0.25, -0.2) is 13.6 Å². The van der Waals surface area contributed by atoms with Gasteiger partial charge >= 0.3 is 0 Å². The molecule has 1 aromatic heterocycles. The second-order valence-electron chi connectivity index (χ2n) is 8.01. The summed E-state index contributed by atoms with van der Waals surface area (Å²) in [6.07, 6.45) is 2.24. The Balaban J connectivity index is 1.74. The van der Waals surface area contributed by atoms with Crippen LogP contribution in [-0.4, -0.2) is 31.5 Å². The quantitative estimate of drug-likeness (QED) is 0.727. The molecule has 0 bridgehead atoms. The van der Waals surface area contributed by atoms with Crippen LogP contribution in [0.4, 0.5) is 0 Å². The van der Waals surface area contributed by atoms with Crippen LogP contribution in [0, 0.1) is 6.92 Å². The van der Waals surface area contributed by atoms with Gasteiger partial charge in [0.25, 0.3) is 0 Å². The van der Waals surface area contributed by atoms with Gasteiger partial charge in [-0.2, -0.15) is 0 Å². The molecule has 1 atom stereocenters. The van der Waals surface area contributed by atoms with Crippen molar-refractivity contribution in [2.75, 3.05) is 13.6 Å². The zero-order chi connectivity index (χ0) is 19.6. The van der Waals surface area contributed by atoms with Gasteiger partial charge in [-0.05, 0) is 48.9 Å². The average Bonchev–Trinajstić information content (AvgIpc) is 2.95. The van der Waals surface area contributed by atoms with Gasteiger partial charge in [-0.15, -0.1) is 0 Å². The van der Waals surface area contributed by atoms with E-state index in [2.05, 4.69) is 47.7 Å². The molecule has 28 heavy (non-hydrogen) atoms. The van der Waals surface area contributed by atoms with Crippen LogP contribution in [0.1, 0.15) is 28.3 Å². The lowest BCUT2D eigenvalue weighted by Crippen LogP contribution is -2.32. The van der Waals surface area contributed by atoms with Gasteiger partial charge in [0.05, 0.1) is 4.90 Å². The molecule has 2 aliphatic heterocycles. The average molecular weight is 394 g/mol. The van der Waals surface area contributed by atoms with Crippen LogP contribution < -0.4 is 5.14 Å². The van der Waals surface area contributed by atoms with Crippen molar-refractivity contribution in [3.8, 4) is 0 Å². The number of rotatable bonds is 2. The van der Waals surface area contributed by atoms with Gasteiger partial charge in [0.1, 0.15) is 0 Å². The van der Waals surface area contributed by atoms with E-state index in [4.69, 9.17) is 5.14 Å². The van der Waals surface area contributed by atoms with E-state index in [1.807, 2.05) is 12.1 Å². The van der Waals surface area contributed by atoms with Crippen LogP contribution in [0.15, 0.2) is 53.4 Å². The Hall–Kier alpha value is -2.41. The Morgan fingerprint density at radius 2 is 1.89 bits per heavy atom. The van der Waals surface area contributed by atoms with E-state index in [1.54, 1.807) is 12.1 Å². The fourth-order valence-corrected chi connectivity index (χ4v) is 5.60. The van der Waals surface area contributed by atoms with Crippen molar-refractivity contribution in [2.45, 2.75) is 30.8 Å². The lowest BCUT2D eigenvalue weighted by molar-refractivity contribution is 0.292. The van der Waals surface area contributed by atoms with Gasteiger partial charge in [-0.1, -0.05) is 35.9 Å². The summed E-state index contributed by atoms with van der Waals surface area (Å²) in [5, 5.41) is 6.81. The molecule has 6 heteroatoms. The summed E-state index contributed by atoms with van der Waals surface area (Å²) in [6, 6.07) is 13.6. The van der Waals surface area contributed by atoms with Crippen LogP contribution in [0.5, 0.6) is 0 Å². The number of aromatic nitrogens is 1. The summed E-state index contributed by atoms with van der Waals surface area (Å²) < 4.78 is 26.7. The van der Waals surface area contributed by atoms with E-state index in [0.29, 0.717) is 12.1 Å². The summed E-state index contributed by atoms with van der Waals surface area (Å²) in [6.45, 7) is 4.64. The highest BCUT2D eigenvalue weighted by molar-refractivity contribution is 7.89. The van der Waals surface area contributed by atoms with E-state index in [0.717, 1.165) is 18.7 Å². The highest BCUT2D eigenvalue weighted by Gasteiger charge is 2.33. The molecule has 0 amide bonds. The summed E-state index contributed by atoms with van der Waals surface area (Å²) >= 11 is 0. The summed E-state index contributed by atoms with van der Waals surface area (Å²) in [7, 11) is -1.64. The molecule has 0 radical (unpaired) electrons. The van der Waals surface area contributed by atoms with E-state index < -0.39 is 10.0 Å². The van der Waals surface area contributed by atoms with E-state index in [9.17, 15) is 8.42 Å². The van der Waals surface area contributed by atoms with E-state index in [-0.39, 0.29) is 10.8 Å². The Morgan fingerprint density at radius 1 is 1.11 bits per heavy atom. The maximum absolute atomic E-state index is 12.1. The molecule has 0 saturated carbocycles. The molecule has 0 saturated heterocycles. The maximum atomic E-state index is 12.1. The molecule has 2 N–H and O–H groups in total. The fourth-order valence-electron chi connectivity index (χ4n) is 4.83. The van der Waals surface area contributed by atoms with Gasteiger partial charge in [0, 0.05) is 42.1 Å². The fraction of sp³-hybridized carbons (Fsp3) is 0.273. The third-order valence-electron chi connectivity index (χ3n) is 5.93. The predicted molar refractivity (Wildman–Crippen MR) is 112 cm³/mol. The molecular weight excluding hydrogens is 370 g/mol. The lowest BCUT2D eigenvalue weighted by Gasteiger charge is -2.34. The number of nitrogens with two attached hydrogens (primary N) is 1. The summed E-state index contributed by atoms with van der Waals surface area (Å²) in [5.74, 6) is 0.235. The molecule has 2 aliphatic rings. The van der Waals surface area contributed by atoms with Gasteiger partial charge in [0.2, 0.25) is 10.0 Å². The third-order valence-corrected chi connectivity index (χ3v) is 6.89. The van der Waals surface area contributed by atoms with E-state index in [1.165, 1.54) is 27.7 Å². The van der Waals surface area contributed by atoms with Crippen LogP contribution in [-0.2, 0) is 23.1 Å². The Morgan fingerprint density at radius 3 is 2.68 bits per heavy atom. The Kier molecular flexibility index (Phi) is 3.81. The number of aryl methyl sites for hydroxylation is 1. The summed E-state index contributed by atoms with van der Waals surface area (Å²) in [4.78, 5) is 2.53. The van der Waals surface area contributed by atoms with Crippen LogP contribution in [0.2, 0.25) is 0 Å². The van der Waals surface area contributed by atoms with Crippen LogP contribution >= 0.6 is 0 Å². The molecular formula is C22H23N3O2S. The molecule has 144 valence electrons. The minimum Gasteiger partial charge on any atom is -0.339 e. The topological polar surface area (TPSA) is 68.3 Å². The first kappa shape index (κ1) is 17.7. The highest BCUT2D eigenvalue weighted by Crippen LogP contribution is 2.42. The Bertz CT molecular complexity index is 1250. The zero-order valence-electron chi connectivity index (χ0n) is 16.0. The second-order valence-corrected chi connectivity index (χ2v) is 9.54. The van der Waals surface area contributed by atoms with Crippen molar-refractivity contribution in [1.82, 2.24) is 9.47 Å². The molecule has 5 rings (SSSR count). The van der Waals surface area contributed by atoms with Gasteiger partial charge in [-0.3, -0.25) is 0 Å². The standard InChI is InChI=1S/C22H23N3O2S/c1-14-7-8-20-18(9-14)19-13-24(2)11-16-10-15(12-25(20)22(16)19)17-5-3-4-6-21(17)28(23,26)27/h3-10,16H,11-13H2,1-2H3,(H2,23,26,27). The lowest BCUT2D eigenvalue weighted by atomic mass is 9.89. The number of hydrogen-bond donors (Lipinski definition) is 1. The van der Waals surface area contributed by atoms with Crippen molar-refractivity contribution in [3.05, 3.63) is 70.9 Å². The molecule has 3 aromatic rings. The van der Waals surface area contributed by atoms with Gasteiger partial charge < -0.3 is 9.47 Å². The number of primary sulfonamides is 1. The van der Waals surface area contributed by atoms with Crippen molar-refractivity contribution < 1.29 is 8.42 Å². The molecule has 1 unspecified atom stereocenters. The molecule has 0 aliphatic carbocycles. The van der Waals surface area contributed by atoms with Crippen LogP contribution in [0.25, 0.3) is 16.5 Å². The van der Waals surface area contributed by atoms with Crippen molar-refractivity contribution in [2.24, 2.45) is 5.14 Å². The molecule has 5 nitrogen and oxygen atoms in total. The molecule has 0 spiro atoms. The molecule has 2 aromatic carbocycles. The van der Waals surface area contributed by atoms with E-state index >= 15 is 0 Å². The number of sulfonamides is 1. The Labute approximate surface area is 165 Å². The molecule has 3 heterocycles. The van der Waals surface area contributed by atoms with Crippen molar-refractivity contribution in [1.29, 1.82) is 0 Å². The number of nitrogens with zero attached hydrogens (tertiary/aromatic N) is 2. The number of likely N-dealkylation sites (N-methyl/N-ethyl adjacent to an activating group) is 1. The minimum atomic E-state index is -3.78. The number of benzene rings is 2. The maximum Gasteiger partial charge on any atom is 0.238 e. The number of hydrogen-bond acceptors (Lipinski definition) is 3. The minimum absolute atomic E-state index is 0.196. The first-order valence-corrected chi connectivity index (χ1v) is 11.0. The monoisotopic (exact) mass is 393 g/mol.